The summed E-state index contributed by atoms with van der Waals surface area (Å²) < 4.78 is 81.1. The Bertz CT molecular complexity index is 983. The van der Waals surface area contributed by atoms with Crippen LogP contribution in [0.1, 0.15) is 72.6 Å². The third-order valence-corrected chi connectivity index (χ3v) is 5.83. The summed E-state index contributed by atoms with van der Waals surface area (Å²) in [5.41, 5.74) is -0.192. The predicted octanol–water partition coefficient (Wildman–Crippen LogP) is 7.38. The van der Waals surface area contributed by atoms with Crippen LogP contribution in [0.5, 0.6) is 0 Å². The second kappa shape index (κ2) is 9.95. The first-order valence-corrected chi connectivity index (χ1v) is 10.7. The largest absolute Gasteiger partial charge is 0.404 e. The third kappa shape index (κ3) is 6.43. The fraction of sp³-hybridized carbons (Fsp3) is 0.545. The molecule has 0 aliphatic heterocycles. The monoisotopic (exact) mass is 497 g/mol. The summed E-state index contributed by atoms with van der Waals surface area (Å²) in [6, 6.07) is 2.72. The zero-order chi connectivity index (χ0) is 25.3. The lowest BCUT2D eigenvalue weighted by molar-refractivity contribution is -0.253. The number of carbonyl (C=O) groups excluding carboxylic acids is 1. The predicted molar refractivity (Wildman–Crippen MR) is 115 cm³/mol. The number of alkyl halides is 6. The van der Waals surface area contributed by atoms with E-state index in [1.807, 2.05) is 13.8 Å². The van der Waals surface area contributed by atoms with Gasteiger partial charge in [0, 0.05) is 12.7 Å². The topological polar surface area (TPSA) is 46.9 Å². The Balaban J connectivity index is 2.54. The number of aromatic nitrogens is 2. The number of nitrogens with zero attached hydrogens (tertiary/aromatic N) is 2. The Morgan fingerprint density at radius 2 is 1.67 bits per heavy atom. The SMILES string of the molecule is Cc1nn(C)c(Cl)c1C(=O)Nc1ccc(C(C(F)(F)F)C(F)(F)F)cc1C(C)CCC(C)C. The molecule has 4 nitrogen and oxygen atoms in total. The molecule has 0 bridgehead atoms. The molecule has 0 radical (unpaired) electrons. The van der Waals surface area contributed by atoms with Gasteiger partial charge in [-0.05, 0) is 42.4 Å². The first-order valence-electron chi connectivity index (χ1n) is 10.3. The van der Waals surface area contributed by atoms with Crippen LogP contribution in [0.25, 0.3) is 0 Å². The maximum absolute atomic E-state index is 13.3. The van der Waals surface area contributed by atoms with Gasteiger partial charge >= 0.3 is 12.4 Å². The normalized spacial score (nSPS) is 13.6. The Morgan fingerprint density at radius 1 is 1.09 bits per heavy atom. The van der Waals surface area contributed by atoms with Crippen molar-refractivity contribution in [1.29, 1.82) is 0 Å². The molecule has 33 heavy (non-hydrogen) atoms. The number of benzene rings is 1. The quantitative estimate of drug-likeness (QED) is 0.406. The number of halogens is 7. The summed E-state index contributed by atoms with van der Waals surface area (Å²) in [5.74, 6) is -4.40. The van der Waals surface area contributed by atoms with E-state index in [9.17, 15) is 31.1 Å². The minimum Gasteiger partial charge on any atom is -0.322 e. The summed E-state index contributed by atoms with van der Waals surface area (Å²) >= 11 is 6.12. The Labute approximate surface area is 193 Å². The van der Waals surface area contributed by atoms with Crippen LogP contribution in [0.2, 0.25) is 5.15 Å². The second-order valence-electron chi connectivity index (χ2n) is 8.56. The lowest BCUT2D eigenvalue weighted by Gasteiger charge is -2.26. The molecule has 1 amide bonds. The van der Waals surface area contributed by atoms with Gasteiger partial charge in [-0.1, -0.05) is 50.9 Å². The highest BCUT2D eigenvalue weighted by Crippen LogP contribution is 2.47. The van der Waals surface area contributed by atoms with Crippen LogP contribution in [0, 0.1) is 12.8 Å². The van der Waals surface area contributed by atoms with Gasteiger partial charge in [-0.15, -0.1) is 0 Å². The number of amides is 1. The third-order valence-electron chi connectivity index (χ3n) is 5.40. The highest BCUT2D eigenvalue weighted by molar-refractivity contribution is 6.33. The molecule has 0 aliphatic carbocycles. The second-order valence-corrected chi connectivity index (χ2v) is 8.92. The summed E-state index contributed by atoms with van der Waals surface area (Å²) in [4.78, 5) is 12.8. The van der Waals surface area contributed by atoms with Crippen molar-refractivity contribution in [2.24, 2.45) is 13.0 Å². The molecule has 0 aliphatic rings. The smallest absolute Gasteiger partial charge is 0.322 e. The summed E-state index contributed by atoms with van der Waals surface area (Å²) in [7, 11) is 1.54. The van der Waals surface area contributed by atoms with Crippen LogP contribution in [-0.2, 0) is 7.05 Å². The molecule has 2 rings (SSSR count). The van der Waals surface area contributed by atoms with E-state index in [-0.39, 0.29) is 27.9 Å². The molecule has 0 saturated heterocycles. The summed E-state index contributed by atoms with van der Waals surface area (Å²) in [5, 5.41) is 6.70. The van der Waals surface area contributed by atoms with Crippen molar-refractivity contribution in [3.05, 3.63) is 45.7 Å². The van der Waals surface area contributed by atoms with Crippen molar-refractivity contribution in [3.8, 4) is 0 Å². The van der Waals surface area contributed by atoms with Crippen LogP contribution in [0.3, 0.4) is 0 Å². The van der Waals surface area contributed by atoms with Crippen molar-refractivity contribution >= 4 is 23.2 Å². The Kier molecular flexibility index (Phi) is 8.14. The minimum atomic E-state index is -5.51. The number of carbonyl (C=O) groups is 1. The average molecular weight is 498 g/mol. The number of aryl methyl sites for hydroxylation is 2. The van der Waals surface area contributed by atoms with Gasteiger partial charge in [-0.2, -0.15) is 31.4 Å². The molecular weight excluding hydrogens is 472 g/mol. The first kappa shape index (κ1) is 27.0. The maximum atomic E-state index is 13.3. The van der Waals surface area contributed by atoms with E-state index in [1.54, 1.807) is 13.8 Å². The van der Waals surface area contributed by atoms with Crippen molar-refractivity contribution in [2.45, 2.75) is 64.7 Å². The highest BCUT2D eigenvalue weighted by atomic mass is 35.5. The molecule has 184 valence electrons. The fourth-order valence-electron chi connectivity index (χ4n) is 3.66. The molecule has 11 heteroatoms. The van der Waals surface area contributed by atoms with E-state index in [4.69, 9.17) is 11.6 Å². The van der Waals surface area contributed by atoms with Crippen molar-refractivity contribution in [3.63, 3.8) is 0 Å². The van der Waals surface area contributed by atoms with E-state index in [1.165, 1.54) is 11.7 Å². The van der Waals surface area contributed by atoms with Crippen LogP contribution in [0.4, 0.5) is 32.0 Å². The molecule has 0 saturated carbocycles. The molecule has 0 fully saturated rings. The maximum Gasteiger partial charge on any atom is 0.404 e. The lowest BCUT2D eigenvalue weighted by atomic mass is 9.87. The molecule has 1 aromatic carbocycles. The standard InChI is InChI=1S/C22H26ClF6N3O/c1-11(2)6-7-12(3)15-10-14(18(21(24,25)26)22(27,28)29)8-9-16(15)30-20(33)17-13(4)31-32(5)19(17)23/h8-12,18H,6-7H2,1-5H3,(H,30,33). The van der Waals surface area contributed by atoms with Gasteiger partial charge in [0.1, 0.15) is 5.15 Å². The number of nitrogens with one attached hydrogen (secondary N) is 1. The van der Waals surface area contributed by atoms with Gasteiger partial charge in [0.25, 0.3) is 5.91 Å². The Morgan fingerprint density at radius 3 is 2.12 bits per heavy atom. The van der Waals surface area contributed by atoms with E-state index >= 15 is 0 Å². The van der Waals surface area contributed by atoms with Crippen LogP contribution >= 0.6 is 11.6 Å². The lowest BCUT2D eigenvalue weighted by Crippen LogP contribution is -2.34. The molecule has 1 aromatic heterocycles. The highest BCUT2D eigenvalue weighted by Gasteiger charge is 2.57. The zero-order valence-corrected chi connectivity index (χ0v) is 19.6. The molecule has 1 heterocycles. The summed E-state index contributed by atoms with van der Waals surface area (Å²) in [6.45, 7) is 7.19. The molecule has 1 unspecified atom stereocenters. The first-order chi connectivity index (χ1) is 15.0. The van der Waals surface area contributed by atoms with Crippen LogP contribution < -0.4 is 5.32 Å². The molecule has 2 aromatic rings. The van der Waals surface area contributed by atoms with Crippen molar-refractivity contribution in [1.82, 2.24) is 9.78 Å². The van der Waals surface area contributed by atoms with Crippen LogP contribution in [-0.4, -0.2) is 28.0 Å². The van der Waals surface area contributed by atoms with Gasteiger partial charge in [0.15, 0.2) is 5.92 Å². The van der Waals surface area contributed by atoms with Gasteiger partial charge in [0.2, 0.25) is 0 Å². The van der Waals surface area contributed by atoms with Gasteiger partial charge in [0.05, 0.1) is 11.3 Å². The molecular formula is C22H26ClF6N3O. The van der Waals surface area contributed by atoms with Crippen LogP contribution in [0.15, 0.2) is 18.2 Å². The number of anilines is 1. The van der Waals surface area contributed by atoms with E-state index in [0.29, 0.717) is 18.5 Å². The van der Waals surface area contributed by atoms with E-state index < -0.39 is 35.7 Å². The van der Waals surface area contributed by atoms with Gasteiger partial charge < -0.3 is 5.32 Å². The number of rotatable bonds is 7. The summed E-state index contributed by atoms with van der Waals surface area (Å²) in [6.07, 6.45) is -9.81. The van der Waals surface area contributed by atoms with Crippen molar-refractivity contribution in [2.75, 3.05) is 5.32 Å². The molecule has 1 N–H and O–H groups in total. The molecule has 1 atom stereocenters. The van der Waals surface area contributed by atoms with E-state index in [2.05, 4.69) is 10.4 Å². The zero-order valence-electron chi connectivity index (χ0n) is 18.8. The van der Waals surface area contributed by atoms with Gasteiger partial charge in [-0.25, -0.2) is 0 Å². The minimum absolute atomic E-state index is 0.0604. The van der Waals surface area contributed by atoms with E-state index in [0.717, 1.165) is 18.2 Å². The average Bonchev–Trinajstić information content (AvgIpc) is 2.90. The fourth-order valence-corrected chi connectivity index (χ4v) is 3.92. The number of hydrogen-bond acceptors (Lipinski definition) is 2. The van der Waals surface area contributed by atoms with Gasteiger partial charge in [-0.3, -0.25) is 9.48 Å². The van der Waals surface area contributed by atoms with Crippen molar-refractivity contribution < 1.29 is 31.1 Å². The Hall–Kier alpha value is -2.23. The number of hydrogen-bond donors (Lipinski definition) is 1. The molecule has 0 spiro atoms.